The van der Waals surface area contributed by atoms with Crippen molar-refractivity contribution in [2.75, 3.05) is 11.4 Å². The minimum absolute atomic E-state index is 0.0387. The van der Waals surface area contributed by atoms with Gasteiger partial charge in [-0.25, -0.2) is 8.42 Å². The molecule has 5 nitrogen and oxygen atoms in total. The zero-order chi connectivity index (χ0) is 22.4. The highest BCUT2D eigenvalue weighted by atomic mass is 32.2. The summed E-state index contributed by atoms with van der Waals surface area (Å²) in [6.07, 6.45) is 1.65. The van der Waals surface area contributed by atoms with Crippen LogP contribution in [0.4, 0.5) is 5.69 Å². The van der Waals surface area contributed by atoms with E-state index >= 15 is 0 Å². The van der Waals surface area contributed by atoms with Crippen LogP contribution in [0.1, 0.15) is 34.8 Å². The Balaban J connectivity index is 1.69. The Labute approximate surface area is 184 Å². The van der Waals surface area contributed by atoms with Gasteiger partial charge in [0.2, 0.25) is 0 Å². The molecule has 0 fully saturated rings. The number of carbonyl (C=O) groups is 1. The summed E-state index contributed by atoms with van der Waals surface area (Å²) in [4.78, 5) is 12.8. The Morgan fingerprint density at radius 1 is 0.968 bits per heavy atom. The van der Waals surface area contributed by atoms with E-state index in [2.05, 4.69) is 17.4 Å². The summed E-state index contributed by atoms with van der Waals surface area (Å²) in [5, 5.41) is 2.96. The van der Waals surface area contributed by atoms with Crippen molar-refractivity contribution in [3.8, 4) is 0 Å². The fourth-order valence-corrected chi connectivity index (χ4v) is 4.50. The maximum absolute atomic E-state index is 13.1. The van der Waals surface area contributed by atoms with Gasteiger partial charge in [-0.3, -0.25) is 9.10 Å². The molecule has 6 heteroatoms. The normalized spacial score (nSPS) is 12.2. The summed E-state index contributed by atoms with van der Waals surface area (Å²) in [5.41, 5.74) is 3.16. The number of nitrogens with zero attached hydrogens (tertiary/aromatic N) is 1. The lowest BCUT2D eigenvalue weighted by Crippen LogP contribution is -2.33. The number of anilines is 1. The van der Waals surface area contributed by atoms with Crippen molar-refractivity contribution in [3.63, 3.8) is 0 Å². The lowest BCUT2D eigenvalue weighted by Gasteiger charge is -2.20. The molecule has 1 amide bonds. The number of amides is 1. The molecular formula is C25H28N2O3S. The van der Waals surface area contributed by atoms with Gasteiger partial charge >= 0.3 is 0 Å². The highest BCUT2D eigenvalue weighted by molar-refractivity contribution is 7.92. The van der Waals surface area contributed by atoms with Crippen molar-refractivity contribution in [1.82, 2.24) is 5.32 Å². The first-order chi connectivity index (χ1) is 14.8. The van der Waals surface area contributed by atoms with Crippen molar-refractivity contribution in [2.24, 2.45) is 0 Å². The zero-order valence-corrected chi connectivity index (χ0v) is 18.9. The van der Waals surface area contributed by atoms with Crippen LogP contribution in [0.5, 0.6) is 0 Å². The lowest BCUT2D eigenvalue weighted by atomic mass is 10.1. The van der Waals surface area contributed by atoms with Gasteiger partial charge in [-0.15, -0.1) is 0 Å². The number of aryl methyl sites for hydroxylation is 2. The van der Waals surface area contributed by atoms with Crippen LogP contribution in [0.25, 0.3) is 0 Å². The first-order valence-corrected chi connectivity index (χ1v) is 11.7. The van der Waals surface area contributed by atoms with E-state index in [0.717, 1.165) is 18.4 Å². The minimum atomic E-state index is -3.78. The summed E-state index contributed by atoms with van der Waals surface area (Å²) in [7, 11) is -2.27. The first-order valence-electron chi connectivity index (χ1n) is 10.3. The summed E-state index contributed by atoms with van der Waals surface area (Å²) in [5.74, 6) is -0.282. The van der Waals surface area contributed by atoms with E-state index in [4.69, 9.17) is 0 Å². The molecule has 1 atom stereocenters. The van der Waals surface area contributed by atoms with E-state index in [1.165, 1.54) is 29.0 Å². The third-order valence-corrected chi connectivity index (χ3v) is 7.02. The topological polar surface area (TPSA) is 66.5 Å². The van der Waals surface area contributed by atoms with Crippen LogP contribution in [-0.2, 0) is 16.4 Å². The monoisotopic (exact) mass is 436 g/mol. The van der Waals surface area contributed by atoms with Gasteiger partial charge in [0.15, 0.2) is 0 Å². The van der Waals surface area contributed by atoms with Gasteiger partial charge in [-0.1, -0.05) is 54.1 Å². The second-order valence-corrected chi connectivity index (χ2v) is 9.70. The zero-order valence-electron chi connectivity index (χ0n) is 18.1. The fourth-order valence-electron chi connectivity index (χ4n) is 3.26. The summed E-state index contributed by atoms with van der Waals surface area (Å²) in [6, 6.07) is 23.5. The third kappa shape index (κ3) is 5.73. The highest BCUT2D eigenvalue weighted by Gasteiger charge is 2.22. The number of benzene rings is 3. The number of rotatable bonds is 8. The number of hydrogen-bond acceptors (Lipinski definition) is 3. The van der Waals surface area contributed by atoms with E-state index in [0.29, 0.717) is 11.3 Å². The molecule has 31 heavy (non-hydrogen) atoms. The summed E-state index contributed by atoms with van der Waals surface area (Å²) < 4.78 is 27.4. The van der Waals surface area contributed by atoms with Gasteiger partial charge in [0.05, 0.1) is 10.6 Å². The van der Waals surface area contributed by atoms with Gasteiger partial charge in [0.1, 0.15) is 0 Å². The number of carbonyl (C=O) groups excluding carboxylic acids is 1. The quantitative estimate of drug-likeness (QED) is 0.562. The van der Waals surface area contributed by atoms with Crippen LogP contribution < -0.4 is 9.62 Å². The molecule has 0 saturated carbocycles. The Bertz CT molecular complexity index is 1130. The summed E-state index contributed by atoms with van der Waals surface area (Å²) in [6.45, 7) is 3.90. The van der Waals surface area contributed by atoms with E-state index in [1.54, 1.807) is 24.3 Å². The molecule has 0 spiro atoms. The van der Waals surface area contributed by atoms with E-state index in [1.807, 2.05) is 44.2 Å². The smallest absolute Gasteiger partial charge is 0.264 e. The molecule has 0 radical (unpaired) electrons. The molecule has 0 aliphatic carbocycles. The van der Waals surface area contributed by atoms with Crippen LogP contribution in [0.15, 0.2) is 83.8 Å². The maximum Gasteiger partial charge on any atom is 0.264 e. The molecule has 0 aromatic heterocycles. The average molecular weight is 437 g/mol. The third-order valence-electron chi connectivity index (χ3n) is 5.24. The minimum Gasteiger partial charge on any atom is -0.350 e. The van der Waals surface area contributed by atoms with E-state index in [9.17, 15) is 13.2 Å². The fraction of sp³-hybridized carbons (Fsp3) is 0.240. The second-order valence-electron chi connectivity index (χ2n) is 7.73. The molecule has 0 aliphatic rings. The largest absolute Gasteiger partial charge is 0.350 e. The molecule has 0 bridgehead atoms. The summed E-state index contributed by atoms with van der Waals surface area (Å²) >= 11 is 0. The molecule has 0 aliphatic heterocycles. The average Bonchev–Trinajstić information content (AvgIpc) is 2.78. The standard InChI is InChI=1S/C25H28N2O3S/c1-19-12-16-23(17-13-19)27(3)31(29,30)24-11-7-10-22(18-24)25(28)26-20(2)14-15-21-8-5-4-6-9-21/h4-13,16-18,20H,14-15H2,1-3H3,(H,26,28)/t20-/m1/s1. The second kappa shape index (κ2) is 9.79. The first kappa shape index (κ1) is 22.6. The van der Waals surface area contributed by atoms with Crippen molar-refractivity contribution in [3.05, 3.63) is 95.6 Å². The van der Waals surface area contributed by atoms with Crippen molar-refractivity contribution >= 4 is 21.6 Å². The molecule has 0 saturated heterocycles. The van der Waals surface area contributed by atoms with Crippen LogP contribution in [0.2, 0.25) is 0 Å². The maximum atomic E-state index is 13.1. The highest BCUT2D eigenvalue weighted by Crippen LogP contribution is 2.23. The van der Waals surface area contributed by atoms with Gasteiger partial charge in [0.25, 0.3) is 15.9 Å². The predicted octanol–water partition coefficient (Wildman–Crippen LogP) is 4.57. The van der Waals surface area contributed by atoms with Gasteiger partial charge < -0.3 is 5.32 Å². The SMILES string of the molecule is Cc1ccc(N(C)S(=O)(=O)c2cccc(C(=O)N[C@H](C)CCc3ccccc3)c2)cc1. The number of nitrogens with one attached hydrogen (secondary N) is 1. The van der Waals surface area contributed by atoms with Gasteiger partial charge in [-0.05, 0) is 62.6 Å². The van der Waals surface area contributed by atoms with E-state index in [-0.39, 0.29) is 16.8 Å². The van der Waals surface area contributed by atoms with Gasteiger partial charge in [-0.2, -0.15) is 0 Å². The molecule has 3 aromatic rings. The lowest BCUT2D eigenvalue weighted by molar-refractivity contribution is 0.0938. The van der Waals surface area contributed by atoms with Crippen molar-refractivity contribution in [1.29, 1.82) is 0 Å². The van der Waals surface area contributed by atoms with Crippen LogP contribution >= 0.6 is 0 Å². The van der Waals surface area contributed by atoms with Gasteiger partial charge in [0, 0.05) is 18.7 Å². The van der Waals surface area contributed by atoms with Crippen LogP contribution in [0.3, 0.4) is 0 Å². The molecule has 1 N–H and O–H groups in total. The molecule has 0 unspecified atom stereocenters. The molecule has 162 valence electrons. The predicted molar refractivity (Wildman–Crippen MR) is 125 cm³/mol. The number of hydrogen-bond donors (Lipinski definition) is 1. The Hall–Kier alpha value is -3.12. The Morgan fingerprint density at radius 3 is 2.32 bits per heavy atom. The van der Waals surface area contributed by atoms with Crippen molar-refractivity contribution in [2.45, 2.75) is 37.6 Å². The Kier molecular flexibility index (Phi) is 7.13. The van der Waals surface area contributed by atoms with Crippen molar-refractivity contribution < 1.29 is 13.2 Å². The van der Waals surface area contributed by atoms with E-state index < -0.39 is 10.0 Å². The molecular weight excluding hydrogens is 408 g/mol. The molecule has 3 rings (SSSR count). The number of sulfonamides is 1. The Morgan fingerprint density at radius 2 is 1.65 bits per heavy atom. The van der Waals surface area contributed by atoms with Crippen LogP contribution in [0, 0.1) is 6.92 Å². The van der Waals surface area contributed by atoms with Crippen LogP contribution in [-0.4, -0.2) is 27.4 Å². The molecule has 3 aromatic carbocycles. The molecule has 0 heterocycles.